The van der Waals surface area contributed by atoms with E-state index in [1.165, 1.54) is 16.7 Å². The number of nitrogens with zero attached hydrogens (tertiary/aromatic N) is 2. The maximum atomic E-state index is 5.33. The van der Waals surface area contributed by atoms with Gasteiger partial charge in [0.2, 0.25) is 0 Å². The van der Waals surface area contributed by atoms with Crippen molar-refractivity contribution in [2.75, 3.05) is 14.2 Å². The monoisotopic (exact) mass is 398 g/mol. The molecule has 4 rings (SSSR count). The Morgan fingerprint density at radius 2 is 1.17 bits per heavy atom. The molecule has 0 saturated carbocycles. The molecule has 0 atom stereocenters. The number of ether oxygens (including phenoxy) is 2. The van der Waals surface area contributed by atoms with Crippen molar-refractivity contribution in [1.29, 1.82) is 0 Å². The van der Waals surface area contributed by atoms with Crippen LogP contribution in [0.25, 0.3) is 28.2 Å². The first kappa shape index (κ1) is 19.8. The molecule has 4 heteroatoms. The molecule has 4 nitrogen and oxygen atoms in total. The Morgan fingerprint density at radius 3 is 1.67 bits per heavy atom. The van der Waals surface area contributed by atoms with Crippen LogP contribution in [-0.4, -0.2) is 24.0 Å². The average molecular weight is 399 g/mol. The van der Waals surface area contributed by atoms with Crippen molar-refractivity contribution in [1.82, 2.24) is 9.78 Å². The molecular formula is C26H26N2O2. The van der Waals surface area contributed by atoms with E-state index in [4.69, 9.17) is 14.6 Å². The molecule has 0 bridgehead atoms. The minimum absolute atomic E-state index is 0.832. The van der Waals surface area contributed by atoms with E-state index in [-0.39, 0.29) is 0 Å². The third-order valence-electron chi connectivity index (χ3n) is 5.33. The second kappa shape index (κ2) is 8.07. The second-order valence-corrected chi connectivity index (χ2v) is 7.53. The first-order valence-corrected chi connectivity index (χ1v) is 9.97. The van der Waals surface area contributed by atoms with Crippen LogP contribution >= 0.6 is 0 Å². The Labute approximate surface area is 177 Å². The van der Waals surface area contributed by atoms with Crippen molar-refractivity contribution in [3.05, 3.63) is 83.4 Å². The molecule has 0 saturated heterocycles. The van der Waals surface area contributed by atoms with Gasteiger partial charge in [0.25, 0.3) is 0 Å². The highest BCUT2D eigenvalue weighted by Gasteiger charge is 2.17. The minimum atomic E-state index is 0.832. The van der Waals surface area contributed by atoms with Crippen molar-refractivity contribution in [3.8, 4) is 39.7 Å². The van der Waals surface area contributed by atoms with Crippen LogP contribution in [0.15, 0.2) is 66.7 Å². The van der Waals surface area contributed by atoms with Crippen LogP contribution in [-0.2, 0) is 0 Å². The molecule has 4 aromatic rings. The molecule has 152 valence electrons. The molecule has 1 aromatic heterocycles. The Morgan fingerprint density at radius 1 is 0.667 bits per heavy atom. The summed E-state index contributed by atoms with van der Waals surface area (Å²) >= 11 is 0. The Kier molecular flexibility index (Phi) is 5.32. The fraction of sp³-hybridized carbons (Fsp3) is 0.192. The van der Waals surface area contributed by atoms with Gasteiger partial charge >= 0.3 is 0 Å². The molecular weight excluding hydrogens is 372 g/mol. The fourth-order valence-corrected chi connectivity index (χ4v) is 3.93. The van der Waals surface area contributed by atoms with Crippen LogP contribution in [0.4, 0.5) is 0 Å². The van der Waals surface area contributed by atoms with Gasteiger partial charge in [0.15, 0.2) is 0 Å². The predicted octanol–water partition coefficient (Wildman–Crippen LogP) is 6.15. The summed E-state index contributed by atoms with van der Waals surface area (Å²) in [5, 5.41) is 5.02. The Bertz CT molecular complexity index is 1150. The maximum Gasteiger partial charge on any atom is 0.118 e. The van der Waals surface area contributed by atoms with Gasteiger partial charge in [-0.15, -0.1) is 0 Å². The smallest absolute Gasteiger partial charge is 0.118 e. The van der Waals surface area contributed by atoms with E-state index in [2.05, 4.69) is 55.8 Å². The standard InChI is InChI=1S/C26H26N2O2/c1-17-14-18(2)26(19(3)15-17)28-25(21-8-12-23(30-5)13-9-21)16-24(27-28)20-6-10-22(29-4)11-7-20/h6-16H,1-5H3. The van der Waals surface area contributed by atoms with Crippen molar-refractivity contribution in [2.45, 2.75) is 20.8 Å². The third-order valence-corrected chi connectivity index (χ3v) is 5.33. The van der Waals surface area contributed by atoms with Crippen LogP contribution in [0.1, 0.15) is 16.7 Å². The van der Waals surface area contributed by atoms with Gasteiger partial charge in [-0.05, 0) is 86.5 Å². The van der Waals surface area contributed by atoms with E-state index >= 15 is 0 Å². The lowest BCUT2D eigenvalue weighted by atomic mass is 10.0. The highest BCUT2D eigenvalue weighted by atomic mass is 16.5. The molecule has 0 aliphatic carbocycles. The summed E-state index contributed by atoms with van der Waals surface area (Å²) < 4.78 is 12.7. The molecule has 3 aromatic carbocycles. The molecule has 30 heavy (non-hydrogen) atoms. The lowest BCUT2D eigenvalue weighted by Gasteiger charge is -2.15. The van der Waals surface area contributed by atoms with E-state index in [1.54, 1.807) is 14.2 Å². The summed E-state index contributed by atoms with van der Waals surface area (Å²) in [7, 11) is 3.36. The predicted molar refractivity (Wildman–Crippen MR) is 122 cm³/mol. The van der Waals surface area contributed by atoms with Gasteiger partial charge in [0, 0.05) is 11.1 Å². The van der Waals surface area contributed by atoms with Crippen molar-refractivity contribution in [2.24, 2.45) is 0 Å². The first-order chi connectivity index (χ1) is 14.5. The summed E-state index contributed by atoms with van der Waals surface area (Å²) in [6.45, 7) is 6.41. The van der Waals surface area contributed by atoms with Gasteiger partial charge in [0.05, 0.1) is 31.3 Å². The van der Waals surface area contributed by atoms with Gasteiger partial charge in [0.1, 0.15) is 11.5 Å². The number of aromatic nitrogens is 2. The summed E-state index contributed by atoms with van der Waals surface area (Å²) in [6.07, 6.45) is 0. The Balaban J connectivity index is 1.91. The lowest BCUT2D eigenvalue weighted by molar-refractivity contribution is 0.414. The van der Waals surface area contributed by atoms with Crippen LogP contribution in [0.3, 0.4) is 0 Å². The lowest BCUT2D eigenvalue weighted by Crippen LogP contribution is -2.04. The molecule has 0 radical (unpaired) electrons. The topological polar surface area (TPSA) is 36.3 Å². The maximum absolute atomic E-state index is 5.33. The quantitative estimate of drug-likeness (QED) is 0.405. The number of rotatable bonds is 5. The van der Waals surface area contributed by atoms with Crippen molar-refractivity contribution < 1.29 is 9.47 Å². The van der Waals surface area contributed by atoms with Crippen LogP contribution in [0.2, 0.25) is 0 Å². The normalized spacial score (nSPS) is 10.8. The van der Waals surface area contributed by atoms with Gasteiger partial charge in [-0.1, -0.05) is 17.7 Å². The van der Waals surface area contributed by atoms with Gasteiger partial charge in [-0.3, -0.25) is 0 Å². The first-order valence-electron chi connectivity index (χ1n) is 9.97. The molecule has 0 aliphatic heterocycles. The largest absolute Gasteiger partial charge is 0.497 e. The highest BCUT2D eigenvalue weighted by Crippen LogP contribution is 2.32. The van der Waals surface area contributed by atoms with E-state index < -0.39 is 0 Å². The molecule has 0 N–H and O–H groups in total. The van der Waals surface area contributed by atoms with Crippen LogP contribution in [0.5, 0.6) is 11.5 Å². The van der Waals surface area contributed by atoms with Crippen LogP contribution < -0.4 is 9.47 Å². The fourth-order valence-electron chi connectivity index (χ4n) is 3.93. The molecule has 0 unspecified atom stereocenters. The number of methoxy groups -OCH3 is 2. The van der Waals surface area contributed by atoms with E-state index in [1.807, 2.05) is 36.4 Å². The van der Waals surface area contributed by atoms with Gasteiger partial charge in [-0.2, -0.15) is 5.10 Å². The molecule has 0 amide bonds. The van der Waals surface area contributed by atoms with E-state index in [0.29, 0.717) is 0 Å². The summed E-state index contributed by atoms with van der Waals surface area (Å²) in [6, 6.07) is 22.7. The van der Waals surface area contributed by atoms with Gasteiger partial charge < -0.3 is 9.47 Å². The zero-order chi connectivity index (χ0) is 21.3. The highest BCUT2D eigenvalue weighted by molar-refractivity contribution is 5.72. The summed E-state index contributed by atoms with van der Waals surface area (Å²) in [5.74, 6) is 1.67. The van der Waals surface area contributed by atoms with E-state index in [0.717, 1.165) is 39.7 Å². The number of aryl methyl sites for hydroxylation is 3. The number of hydrogen-bond donors (Lipinski definition) is 0. The summed E-state index contributed by atoms with van der Waals surface area (Å²) in [5.41, 5.74) is 8.86. The minimum Gasteiger partial charge on any atom is -0.497 e. The SMILES string of the molecule is COc1ccc(-c2cc(-c3ccc(OC)cc3)n(-c3c(C)cc(C)cc3C)n2)cc1. The zero-order valence-corrected chi connectivity index (χ0v) is 18.1. The molecule has 0 spiro atoms. The van der Waals surface area contributed by atoms with Crippen molar-refractivity contribution >= 4 is 0 Å². The Hall–Kier alpha value is -3.53. The molecule has 1 heterocycles. The van der Waals surface area contributed by atoms with E-state index in [9.17, 15) is 0 Å². The van der Waals surface area contributed by atoms with Crippen LogP contribution in [0, 0.1) is 20.8 Å². The second-order valence-electron chi connectivity index (χ2n) is 7.53. The zero-order valence-electron chi connectivity index (χ0n) is 18.1. The third kappa shape index (κ3) is 3.69. The number of benzene rings is 3. The van der Waals surface area contributed by atoms with Gasteiger partial charge in [-0.25, -0.2) is 4.68 Å². The number of hydrogen-bond acceptors (Lipinski definition) is 3. The molecule has 0 aliphatic rings. The van der Waals surface area contributed by atoms with Crippen molar-refractivity contribution in [3.63, 3.8) is 0 Å². The summed E-state index contributed by atoms with van der Waals surface area (Å²) in [4.78, 5) is 0. The molecule has 0 fully saturated rings. The average Bonchev–Trinajstić information content (AvgIpc) is 3.18.